The number of likely N-dealkylation sites (N-methyl/N-ethyl adjacent to an activating group) is 1. The van der Waals surface area contributed by atoms with Gasteiger partial charge in [-0.05, 0) is 38.8 Å². The van der Waals surface area contributed by atoms with Gasteiger partial charge in [-0.25, -0.2) is 0 Å². The van der Waals surface area contributed by atoms with E-state index in [0.717, 1.165) is 25.9 Å². The van der Waals surface area contributed by atoms with E-state index in [1.54, 1.807) is 0 Å². The molecule has 2 fully saturated rings. The molecule has 98 valence electrons. The Balaban J connectivity index is 2.34. The highest BCUT2D eigenvalue weighted by Gasteiger charge is 2.62. The fourth-order valence-electron chi connectivity index (χ4n) is 3.71. The Morgan fingerprint density at radius 2 is 1.88 bits per heavy atom. The second-order valence-electron chi connectivity index (χ2n) is 6.18. The lowest BCUT2D eigenvalue weighted by Gasteiger charge is -2.50. The molecule has 0 radical (unpaired) electrons. The summed E-state index contributed by atoms with van der Waals surface area (Å²) in [6.45, 7) is 12.7. The van der Waals surface area contributed by atoms with Crippen LogP contribution < -0.4 is 0 Å². The smallest absolute Gasteiger partial charge is 0.324 e. The summed E-state index contributed by atoms with van der Waals surface area (Å²) in [5.74, 6) is 0.437. The van der Waals surface area contributed by atoms with Gasteiger partial charge in [0, 0.05) is 5.41 Å². The van der Waals surface area contributed by atoms with Gasteiger partial charge in [0.2, 0.25) is 0 Å². The second-order valence-corrected chi connectivity index (χ2v) is 6.18. The summed E-state index contributed by atoms with van der Waals surface area (Å²) in [6, 6.07) is -0.0319. The summed E-state index contributed by atoms with van der Waals surface area (Å²) in [4.78, 5) is 14.5. The molecule has 17 heavy (non-hydrogen) atoms. The van der Waals surface area contributed by atoms with Crippen LogP contribution in [0.1, 0.15) is 47.5 Å². The molecule has 3 atom stereocenters. The van der Waals surface area contributed by atoms with Crippen molar-refractivity contribution in [2.75, 3.05) is 13.1 Å². The van der Waals surface area contributed by atoms with Crippen molar-refractivity contribution in [1.82, 2.24) is 4.90 Å². The number of hydrogen-bond donors (Lipinski definition) is 0. The highest BCUT2D eigenvalue weighted by molar-refractivity contribution is 5.78. The van der Waals surface area contributed by atoms with E-state index in [1.165, 1.54) is 0 Å². The Bertz CT molecular complexity index is 322. The van der Waals surface area contributed by atoms with E-state index in [-0.39, 0.29) is 23.0 Å². The zero-order chi connectivity index (χ0) is 12.8. The molecular formula is C14H25NO2. The van der Waals surface area contributed by atoms with Crippen molar-refractivity contribution in [3.8, 4) is 0 Å². The molecule has 2 rings (SSSR count). The van der Waals surface area contributed by atoms with E-state index < -0.39 is 0 Å². The maximum absolute atomic E-state index is 12.2. The van der Waals surface area contributed by atoms with Crippen molar-refractivity contribution < 1.29 is 9.53 Å². The lowest BCUT2D eigenvalue weighted by Crippen LogP contribution is -2.60. The van der Waals surface area contributed by atoms with Gasteiger partial charge in [-0.3, -0.25) is 9.69 Å². The van der Waals surface area contributed by atoms with Gasteiger partial charge in [-0.1, -0.05) is 27.7 Å². The van der Waals surface area contributed by atoms with E-state index in [0.29, 0.717) is 5.92 Å². The molecule has 2 bridgehead atoms. The normalized spacial score (nSPS) is 39.5. The molecule has 0 aromatic rings. The number of ether oxygens (including phenoxy) is 1. The first-order chi connectivity index (χ1) is 7.87. The van der Waals surface area contributed by atoms with Crippen molar-refractivity contribution in [2.24, 2.45) is 11.3 Å². The third kappa shape index (κ3) is 1.62. The molecule has 0 spiro atoms. The Kier molecular flexibility index (Phi) is 3.01. The van der Waals surface area contributed by atoms with Gasteiger partial charge in [0.25, 0.3) is 0 Å². The van der Waals surface area contributed by atoms with Gasteiger partial charge in [0.15, 0.2) is 0 Å². The van der Waals surface area contributed by atoms with Crippen LogP contribution in [0.4, 0.5) is 0 Å². The average Bonchev–Trinajstić information content (AvgIpc) is 2.40. The van der Waals surface area contributed by atoms with E-state index in [1.807, 2.05) is 0 Å². The topological polar surface area (TPSA) is 29.5 Å². The molecule has 2 aliphatic rings. The SMILES string of the molecule is CCN(CC)[C@@H]1C(=O)O[C@]2(C)CC[C@H]1C2(C)C. The molecule has 3 heteroatoms. The number of rotatable bonds is 3. The molecule has 0 N–H and O–H groups in total. The molecule has 3 nitrogen and oxygen atoms in total. The first kappa shape index (κ1) is 12.9. The van der Waals surface area contributed by atoms with Crippen LogP contribution in [0.15, 0.2) is 0 Å². The predicted octanol–water partition coefficient (Wildman–Crippen LogP) is 2.45. The summed E-state index contributed by atoms with van der Waals surface area (Å²) in [5, 5.41) is 0. The third-order valence-electron chi connectivity index (χ3n) is 5.38. The molecule has 1 saturated heterocycles. The first-order valence-electron chi connectivity index (χ1n) is 6.84. The zero-order valence-electron chi connectivity index (χ0n) is 11.7. The summed E-state index contributed by atoms with van der Waals surface area (Å²) in [5.41, 5.74) is -0.160. The summed E-state index contributed by atoms with van der Waals surface area (Å²) < 4.78 is 5.80. The minimum Gasteiger partial charge on any atom is -0.458 e. The van der Waals surface area contributed by atoms with Crippen LogP contribution in [0.2, 0.25) is 0 Å². The molecule has 1 aliphatic heterocycles. The summed E-state index contributed by atoms with van der Waals surface area (Å²) in [7, 11) is 0. The van der Waals surface area contributed by atoms with Crippen molar-refractivity contribution in [2.45, 2.75) is 59.1 Å². The highest BCUT2D eigenvalue weighted by atomic mass is 16.6. The standard InChI is InChI=1S/C14H25NO2/c1-6-15(7-2)11-10-8-9-14(5,13(10,3)4)17-12(11)16/h10-11H,6-9H2,1-5H3/t10-,11+,14-/m1/s1. The second kappa shape index (κ2) is 3.98. The average molecular weight is 239 g/mol. The van der Waals surface area contributed by atoms with Crippen LogP contribution >= 0.6 is 0 Å². The molecular weight excluding hydrogens is 214 g/mol. The van der Waals surface area contributed by atoms with E-state index in [2.05, 4.69) is 39.5 Å². The largest absolute Gasteiger partial charge is 0.458 e. The quantitative estimate of drug-likeness (QED) is 0.709. The monoisotopic (exact) mass is 239 g/mol. The minimum atomic E-state index is -0.252. The maximum atomic E-state index is 12.2. The molecule has 0 aromatic heterocycles. The van der Waals surface area contributed by atoms with Crippen molar-refractivity contribution >= 4 is 5.97 Å². The fraction of sp³-hybridized carbons (Fsp3) is 0.929. The van der Waals surface area contributed by atoms with E-state index in [9.17, 15) is 4.79 Å². The van der Waals surface area contributed by atoms with Crippen LogP contribution in [0.5, 0.6) is 0 Å². The van der Waals surface area contributed by atoms with Crippen molar-refractivity contribution in [1.29, 1.82) is 0 Å². The van der Waals surface area contributed by atoms with Crippen LogP contribution in [-0.4, -0.2) is 35.6 Å². The maximum Gasteiger partial charge on any atom is 0.324 e. The number of esters is 1. The van der Waals surface area contributed by atoms with Gasteiger partial charge < -0.3 is 4.74 Å². The molecule has 1 saturated carbocycles. The molecule has 0 aromatic carbocycles. The fourth-order valence-corrected chi connectivity index (χ4v) is 3.71. The third-order valence-corrected chi connectivity index (χ3v) is 5.38. The van der Waals surface area contributed by atoms with Crippen LogP contribution in [0.3, 0.4) is 0 Å². The van der Waals surface area contributed by atoms with Crippen LogP contribution in [-0.2, 0) is 9.53 Å². The molecule has 0 unspecified atom stereocenters. The lowest BCUT2D eigenvalue weighted by atomic mass is 9.68. The number of nitrogens with zero attached hydrogens (tertiary/aromatic N) is 1. The van der Waals surface area contributed by atoms with Gasteiger partial charge in [0.1, 0.15) is 11.6 Å². The Morgan fingerprint density at radius 1 is 1.29 bits per heavy atom. The molecule has 1 aliphatic carbocycles. The van der Waals surface area contributed by atoms with Gasteiger partial charge in [-0.15, -0.1) is 0 Å². The van der Waals surface area contributed by atoms with Gasteiger partial charge in [0.05, 0.1) is 0 Å². The van der Waals surface area contributed by atoms with Gasteiger partial charge in [-0.2, -0.15) is 0 Å². The Morgan fingerprint density at radius 3 is 2.41 bits per heavy atom. The van der Waals surface area contributed by atoms with E-state index >= 15 is 0 Å². The molecule has 0 amide bonds. The van der Waals surface area contributed by atoms with Crippen LogP contribution in [0.25, 0.3) is 0 Å². The Labute approximate surface area is 105 Å². The summed E-state index contributed by atoms with van der Waals surface area (Å²) >= 11 is 0. The number of carbonyl (C=O) groups is 1. The number of hydrogen-bond acceptors (Lipinski definition) is 3. The molecule has 1 heterocycles. The highest BCUT2D eigenvalue weighted by Crippen LogP contribution is 2.57. The minimum absolute atomic E-state index is 0.00183. The van der Waals surface area contributed by atoms with Crippen LogP contribution in [0, 0.1) is 11.3 Å². The van der Waals surface area contributed by atoms with Crippen molar-refractivity contribution in [3.63, 3.8) is 0 Å². The number of carbonyl (C=O) groups excluding carboxylic acids is 1. The lowest BCUT2D eigenvalue weighted by molar-refractivity contribution is -0.195. The predicted molar refractivity (Wildman–Crippen MR) is 67.7 cm³/mol. The van der Waals surface area contributed by atoms with Crippen molar-refractivity contribution in [3.05, 3.63) is 0 Å². The van der Waals surface area contributed by atoms with E-state index in [4.69, 9.17) is 4.74 Å². The summed E-state index contributed by atoms with van der Waals surface area (Å²) in [6.07, 6.45) is 2.12. The van der Waals surface area contributed by atoms with Gasteiger partial charge >= 0.3 is 5.97 Å². The first-order valence-corrected chi connectivity index (χ1v) is 6.84. The Hall–Kier alpha value is -0.570. The number of fused-ring (bicyclic) bond motifs is 2. The zero-order valence-corrected chi connectivity index (χ0v) is 11.7.